The van der Waals surface area contributed by atoms with Crippen LogP contribution in [0.4, 0.5) is 0 Å². The summed E-state index contributed by atoms with van der Waals surface area (Å²) < 4.78 is 0. The first kappa shape index (κ1) is 20.4. The van der Waals surface area contributed by atoms with Gasteiger partial charge in [-0.15, -0.1) is 0 Å². The van der Waals surface area contributed by atoms with Crippen LogP contribution in [0.25, 0.3) is 0 Å². The number of benzene rings is 2. The van der Waals surface area contributed by atoms with Gasteiger partial charge in [0.2, 0.25) is 11.8 Å². The summed E-state index contributed by atoms with van der Waals surface area (Å²) >= 11 is 5.99. The van der Waals surface area contributed by atoms with Crippen molar-refractivity contribution in [1.82, 2.24) is 9.80 Å². The zero-order chi connectivity index (χ0) is 19.8. The van der Waals surface area contributed by atoms with Crippen molar-refractivity contribution in [3.05, 3.63) is 70.7 Å². The maximum absolute atomic E-state index is 12.5. The standard InChI is InChI=1S/C23H27ClN2O2/c24-21-10-4-9-20(18-21)12-13-23(28)26-16-14-25(15-17-26)22(27)11-5-8-19-6-2-1-3-7-19/h1-4,6-7,9-10,18H,5,8,11-17H2. The van der Waals surface area contributed by atoms with Crippen LogP contribution < -0.4 is 0 Å². The lowest BCUT2D eigenvalue weighted by atomic mass is 10.1. The number of aryl methyl sites for hydroxylation is 2. The summed E-state index contributed by atoms with van der Waals surface area (Å²) in [6.45, 7) is 2.51. The minimum atomic E-state index is 0.149. The Balaban J connectivity index is 1.36. The summed E-state index contributed by atoms with van der Waals surface area (Å²) in [6.07, 6.45) is 3.52. The van der Waals surface area contributed by atoms with E-state index in [-0.39, 0.29) is 11.8 Å². The average molecular weight is 399 g/mol. The Morgan fingerprint density at radius 2 is 1.36 bits per heavy atom. The molecule has 2 aromatic rings. The number of nitrogens with zero attached hydrogens (tertiary/aromatic N) is 2. The quantitative estimate of drug-likeness (QED) is 0.708. The summed E-state index contributed by atoms with van der Waals surface area (Å²) in [5.74, 6) is 0.345. The SMILES string of the molecule is O=C(CCCc1ccccc1)N1CCN(C(=O)CCc2cccc(Cl)c2)CC1. The number of amides is 2. The monoisotopic (exact) mass is 398 g/mol. The van der Waals surface area contributed by atoms with E-state index in [1.54, 1.807) is 0 Å². The fourth-order valence-electron chi connectivity index (χ4n) is 3.55. The van der Waals surface area contributed by atoms with E-state index in [2.05, 4.69) is 12.1 Å². The van der Waals surface area contributed by atoms with Gasteiger partial charge in [0.15, 0.2) is 0 Å². The Bertz CT molecular complexity index is 786. The van der Waals surface area contributed by atoms with E-state index in [9.17, 15) is 9.59 Å². The molecule has 1 aliphatic rings. The second-order valence-corrected chi connectivity index (χ2v) is 7.67. The highest BCUT2D eigenvalue weighted by Crippen LogP contribution is 2.14. The minimum absolute atomic E-state index is 0.149. The van der Waals surface area contributed by atoms with Gasteiger partial charge in [0.1, 0.15) is 0 Å². The maximum atomic E-state index is 12.5. The van der Waals surface area contributed by atoms with E-state index in [4.69, 9.17) is 11.6 Å². The number of hydrogen-bond acceptors (Lipinski definition) is 2. The van der Waals surface area contributed by atoms with E-state index >= 15 is 0 Å². The zero-order valence-electron chi connectivity index (χ0n) is 16.1. The number of hydrogen-bond donors (Lipinski definition) is 0. The van der Waals surface area contributed by atoms with Crippen LogP contribution in [0.1, 0.15) is 30.4 Å². The molecule has 0 atom stereocenters. The Kier molecular flexibility index (Phi) is 7.49. The minimum Gasteiger partial charge on any atom is -0.339 e. The van der Waals surface area contributed by atoms with Crippen molar-refractivity contribution in [2.75, 3.05) is 26.2 Å². The molecule has 1 saturated heterocycles. The molecule has 148 valence electrons. The molecule has 1 fully saturated rings. The third kappa shape index (κ3) is 6.10. The van der Waals surface area contributed by atoms with Crippen LogP contribution in [0.5, 0.6) is 0 Å². The lowest BCUT2D eigenvalue weighted by Gasteiger charge is -2.35. The van der Waals surface area contributed by atoms with E-state index in [1.807, 2.05) is 52.3 Å². The van der Waals surface area contributed by atoms with Crippen molar-refractivity contribution >= 4 is 23.4 Å². The van der Waals surface area contributed by atoms with Crippen LogP contribution >= 0.6 is 11.6 Å². The highest BCUT2D eigenvalue weighted by Gasteiger charge is 2.23. The summed E-state index contributed by atoms with van der Waals surface area (Å²) in [5, 5.41) is 0.698. The number of halogens is 1. The predicted molar refractivity (Wildman–Crippen MR) is 112 cm³/mol. The van der Waals surface area contributed by atoms with Gasteiger partial charge < -0.3 is 9.80 Å². The second kappa shape index (κ2) is 10.3. The third-order valence-electron chi connectivity index (χ3n) is 5.20. The molecule has 0 radical (unpaired) electrons. The predicted octanol–water partition coefficient (Wildman–Crippen LogP) is 3.97. The highest BCUT2D eigenvalue weighted by molar-refractivity contribution is 6.30. The van der Waals surface area contributed by atoms with Crippen molar-refractivity contribution in [2.24, 2.45) is 0 Å². The molecule has 0 saturated carbocycles. The molecule has 28 heavy (non-hydrogen) atoms. The molecule has 0 aromatic heterocycles. The fraction of sp³-hybridized carbons (Fsp3) is 0.391. The third-order valence-corrected chi connectivity index (χ3v) is 5.44. The first-order valence-corrected chi connectivity index (χ1v) is 10.3. The number of piperazine rings is 1. The molecule has 2 amide bonds. The first-order valence-electron chi connectivity index (χ1n) is 9.96. The summed E-state index contributed by atoms with van der Waals surface area (Å²) in [4.78, 5) is 28.6. The zero-order valence-corrected chi connectivity index (χ0v) is 16.9. The van der Waals surface area contributed by atoms with Gasteiger partial charge in [0, 0.05) is 44.0 Å². The van der Waals surface area contributed by atoms with E-state index < -0.39 is 0 Å². The molecule has 0 spiro atoms. The molecule has 4 nitrogen and oxygen atoms in total. The number of carbonyl (C=O) groups excluding carboxylic acids is 2. The molecule has 0 aliphatic carbocycles. The van der Waals surface area contributed by atoms with Gasteiger partial charge in [-0.3, -0.25) is 9.59 Å². The van der Waals surface area contributed by atoms with Gasteiger partial charge in [-0.2, -0.15) is 0 Å². The molecule has 1 heterocycles. The van der Waals surface area contributed by atoms with Crippen molar-refractivity contribution < 1.29 is 9.59 Å². The highest BCUT2D eigenvalue weighted by atomic mass is 35.5. The summed E-state index contributed by atoms with van der Waals surface area (Å²) in [7, 11) is 0. The Labute approximate surface area is 172 Å². The smallest absolute Gasteiger partial charge is 0.223 e. The van der Waals surface area contributed by atoms with Crippen molar-refractivity contribution in [1.29, 1.82) is 0 Å². The first-order chi connectivity index (χ1) is 13.6. The Morgan fingerprint density at radius 3 is 2.00 bits per heavy atom. The van der Waals surface area contributed by atoms with Crippen LogP contribution in [-0.2, 0) is 22.4 Å². The molecular formula is C23H27ClN2O2. The van der Waals surface area contributed by atoms with Crippen molar-refractivity contribution in [3.63, 3.8) is 0 Å². The molecule has 0 unspecified atom stereocenters. The van der Waals surface area contributed by atoms with E-state index in [0.717, 1.165) is 18.4 Å². The molecule has 1 aliphatic heterocycles. The van der Waals surface area contributed by atoms with Crippen LogP contribution in [0.2, 0.25) is 5.02 Å². The largest absolute Gasteiger partial charge is 0.339 e. The molecule has 0 N–H and O–H groups in total. The van der Waals surface area contributed by atoms with Gasteiger partial charge in [0.25, 0.3) is 0 Å². The lowest BCUT2D eigenvalue weighted by Crippen LogP contribution is -2.50. The molecule has 5 heteroatoms. The van der Waals surface area contributed by atoms with Crippen molar-refractivity contribution in [3.8, 4) is 0 Å². The van der Waals surface area contributed by atoms with Crippen LogP contribution in [0, 0.1) is 0 Å². The van der Waals surface area contributed by atoms with Crippen molar-refractivity contribution in [2.45, 2.75) is 32.1 Å². The normalized spacial score (nSPS) is 14.2. The second-order valence-electron chi connectivity index (χ2n) is 7.23. The maximum Gasteiger partial charge on any atom is 0.223 e. The van der Waals surface area contributed by atoms with Gasteiger partial charge in [-0.25, -0.2) is 0 Å². The lowest BCUT2D eigenvalue weighted by molar-refractivity contribution is -0.139. The topological polar surface area (TPSA) is 40.6 Å². The van der Waals surface area contributed by atoms with Gasteiger partial charge in [-0.05, 0) is 42.5 Å². The number of rotatable bonds is 7. The van der Waals surface area contributed by atoms with E-state index in [0.29, 0.717) is 50.5 Å². The van der Waals surface area contributed by atoms with E-state index in [1.165, 1.54) is 5.56 Å². The molecule has 3 rings (SSSR count). The average Bonchev–Trinajstić information content (AvgIpc) is 2.73. The molecule has 2 aromatic carbocycles. The van der Waals surface area contributed by atoms with Crippen LogP contribution in [0.15, 0.2) is 54.6 Å². The molecule has 0 bridgehead atoms. The van der Waals surface area contributed by atoms with Crippen LogP contribution in [0.3, 0.4) is 0 Å². The Morgan fingerprint density at radius 1 is 0.750 bits per heavy atom. The summed E-state index contributed by atoms with van der Waals surface area (Å²) in [5.41, 5.74) is 2.35. The van der Waals surface area contributed by atoms with Crippen LogP contribution in [-0.4, -0.2) is 47.8 Å². The van der Waals surface area contributed by atoms with Gasteiger partial charge in [-0.1, -0.05) is 54.1 Å². The molecular weight excluding hydrogens is 372 g/mol. The van der Waals surface area contributed by atoms with Gasteiger partial charge >= 0.3 is 0 Å². The summed E-state index contributed by atoms with van der Waals surface area (Å²) in [6, 6.07) is 17.9. The Hall–Kier alpha value is -2.33. The van der Waals surface area contributed by atoms with Gasteiger partial charge in [0.05, 0.1) is 0 Å². The fourth-order valence-corrected chi connectivity index (χ4v) is 3.77. The number of carbonyl (C=O) groups is 2.